The summed E-state index contributed by atoms with van der Waals surface area (Å²) in [5, 5.41) is 11.7. The van der Waals surface area contributed by atoms with Crippen molar-refractivity contribution in [2.45, 2.75) is 58.7 Å². The normalized spacial score (nSPS) is 24.1. The predicted molar refractivity (Wildman–Crippen MR) is 75.6 cm³/mol. The maximum absolute atomic E-state index is 12.3. The Kier molecular flexibility index (Phi) is 5.39. The molecule has 0 bridgehead atoms. The Balaban J connectivity index is 2.57. The number of rotatable bonds is 6. The smallest absolute Gasteiger partial charge is 0.317 e. The van der Waals surface area contributed by atoms with Crippen molar-refractivity contribution in [1.29, 1.82) is 0 Å². The number of methoxy groups -OCH3 is 1. The molecule has 2 atom stereocenters. The van der Waals surface area contributed by atoms with Crippen LogP contribution in [0.25, 0.3) is 0 Å². The summed E-state index contributed by atoms with van der Waals surface area (Å²) in [4.78, 5) is 24.5. The number of carboxylic acids is 1. The molecule has 0 saturated heterocycles. The van der Waals surface area contributed by atoms with Crippen LogP contribution in [-0.4, -0.2) is 53.8 Å². The van der Waals surface area contributed by atoms with Crippen LogP contribution in [0, 0.1) is 5.41 Å². The fraction of sp³-hybridized carbons (Fsp3) is 0.857. The van der Waals surface area contributed by atoms with E-state index in [1.54, 1.807) is 12.0 Å². The number of amides is 2. The molecule has 0 aromatic carbocycles. The second-order valence-electron chi connectivity index (χ2n) is 6.21. The van der Waals surface area contributed by atoms with E-state index in [2.05, 4.69) is 19.2 Å². The molecule has 0 spiro atoms. The van der Waals surface area contributed by atoms with Gasteiger partial charge in [-0.1, -0.05) is 13.8 Å². The molecule has 0 aromatic heterocycles. The van der Waals surface area contributed by atoms with Crippen molar-refractivity contribution < 1.29 is 19.4 Å². The summed E-state index contributed by atoms with van der Waals surface area (Å²) in [5.41, 5.74) is -0.0974. The van der Waals surface area contributed by atoms with Gasteiger partial charge in [0.05, 0.1) is 12.5 Å². The van der Waals surface area contributed by atoms with Crippen LogP contribution >= 0.6 is 0 Å². The maximum Gasteiger partial charge on any atom is 0.317 e. The third-order valence-electron chi connectivity index (χ3n) is 4.21. The molecule has 6 heteroatoms. The van der Waals surface area contributed by atoms with Gasteiger partial charge < -0.3 is 20.1 Å². The van der Waals surface area contributed by atoms with Gasteiger partial charge in [0, 0.05) is 31.2 Å². The van der Waals surface area contributed by atoms with Crippen LogP contribution in [-0.2, 0) is 9.53 Å². The third-order valence-corrected chi connectivity index (χ3v) is 4.21. The highest BCUT2D eigenvalue weighted by Crippen LogP contribution is 2.42. The number of ether oxygens (including phenoxy) is 1. The summed E-state index contributed by atoms with van der Waals surface area (Å²) in [6.07, 6.45) is 0.903. The Morgan fingerprint density at radius 1 is 1.45 bits per heavy atom. The maximum atomic E-state index is 12.3. The van der Waals surface area contributed by atoms with Crippen LogP contribution in [0.15, 0.2) is 0 Å². The molecule has 0 aromatic rings. The molecule has 1 rings (SSSR count). The number of aliphatic carboxylic acids is 1. The summed E-state index contributed by atoms with van der Waals surface area (Å²) in [5.74, 6) is -0.896. The van der Waals surface area contributed by atoms with E-state index in [1.807, 2.05) is 13.8 Å². The van der Waals surface area contributed by atoms with Gasteiger partial charge in [-0.2, -0.15) is 0 Å². The number of carbonyl (C=O) groups is 2. The average Bonchev–Trinajstić information content (AvgIpc) is 2.33. The summed E-state index contributed by atoms with van der Waals surface area (Å²) in [6.45, 7) is 8.11. The largest absolute Gasteiger partial charge is 0.481 e. The Labute approximate surface area is 120 Å². The first-order valence-electron chi connectivity index (χ1n) is 7.01. The van der Waals surface area contributed by atoms with Gasteiger partial charge in [-0.05, 0) is 20.3 Å². The number of hydrogen-bond acceptors (Lipinski definition) is 3. The molecule has 116 valence electrons. The molecule has 1 saturated carbocycles. The molecule has 1 aliphatic carbocycles. The zero-order valence-corrected chi connectivity index (χ0v) is 13.0. The molecule has 1 aliphatic rings. The van der Waals surface area contributed by atoms with E-state index in [0.29, 0.717) is 0 Å². The lowest BCUT2D eigenvalue weighted by Gasteiger charge is -2.51. The van der Waals surface area contributed by atoms with Crippen molar-refractivity contribution in [3.63, 3.8) is 0 Å². The zero-order valence-electron chi connectivity index (χ0n) is 13.0. The van der Waals surface area contributed by atoms with Crippen LogP contribution < -0.4 is 5.32 Å². The molecule has 2 unspecified atom stereocenters. The fourth-order valence-corrected chi connectivity index (χ4v) is 2.57. The predicted octanol–water partition coefficient (Wildman–Crippen LogP) is 1.69. The average molecular weight is 286 g/mol. The van der Waals surface area contributed by atoms with Gasteiger partial charge in [-0.25, -0.2) is 4.79 Å². The second kappa shape index (κ2) is 6.43. The highest BCUT2D eigenvalue weighted by molar-refractivity contribution is 5.76. The Bertz CT molecular complexity index is 368. The van der Waals surface area contributed by atoms with Crippen molar-refractivity contribution in [2.24, 2.45) is 5.41 Å². The van der Waals surface area contributed by atoms with Crippen molar-refractivity contribution in [3.8, 4) is 0 Å². The van der Waals surface area contributed by atoms with Gasteiger partial charge in [-0.15, -0.1) is 0 Å². The standard InChI is InChI=1S/C14H26N2O4/c1-9(2)16(7-6-12(17)18)13(19)15-10-8-11(20-5)14(10,3)4/h9-11H,6-8H2,1-5H3,(H,15,19)(H,17,18). The zero-order chi connectivity index (χ0) is 15.5. The molecule has 1 fully saturated rings. The highest BCUT2D eigenvalue weighted by atomic mass is 16.5. The van der Waals surface area contributed by atoms with E-state index in [0.717, 1.165) is 6.42 Å². The minimum Gasteiger partial charge on any atom is -0.481 e. The topological polar surface area (TPSA) is 78.9 Å². The van der Waals surface area contributed by atoms with Gasteiger partial charge >= 0.3 is 12.0 Å². The second-order valence-corrected chi connectivity index (χ2v) is 6.21. The quantitative estimate of drug-likeness (QED) is 0.779. The Morgan fingerprint density at radius 2 is 2.05 bits per heavy atom. The van der Waals surface area contributed by atoms with E-state index in [-0.39, 0.29) is 42.6 Å². The van der Waals surface area contributed by atoms with E-state index in [9.17, 15) is 9.59 Å². The number of nitrogens with zero attached hydrogens (tertiary/aromatic N) is 1. The Morgan fingerprint density at radius 3 is 2.45 bits per heavy atom. The minimum absolute atomic E-state index is 0.0317. The van der Waals surface area contributed by atoms with Crippen LogP contribution in [0.1, 0.15) is 40.5 Å². The first-order valence-corrected chi connectivity index (χ1v) is 7.01. The lowest BCUT2D eigenvalue weighted by Crippen LogP contribution is -2.63. The molecule has 0 radical (unpaired) electrons. The van der Waals surface area contributed by atoms with Gasteiger partial charge in [-0.3, -0.25) is 4.79 Å². The van der Waals surface area contributed by atoms with E-state index in [1.165, 1.54) is 0 Å². The fourth-order valence-electron chi connectivity index (χ4n) is 2.57. The van der Waals surface area contributed by atoms with Crippen LogP contribution in [0.3, 0.4) is 0 Å². The summed E-state index contributed by atoms with van der Waals surface area (Å²) in [7, 11) is 1.68. The monoisotopic (exact) mass is 286 g/mol. The molecule has 6 nitrogen and oxygen atoms in total. The number of carbonyl (C=O) groups excluding carboxylic acids is 1. The minimum atomic E-state index is -0.896. The number of carboxylic acid groups (broad SMARTS) is 1. The molecular formula is C14H26N2O4. The van der Waals surface area contributed by atoms with Crippen molar-refractivity contribution in [1.82, 2.24) is 10.2 Å². The molecule has 2 amide bonds. The first kappa shape index (κ1) is 16.8. The van der Waals surface area contributed by atoms with Gasteiger partial charge in [0.2, 0.25) is 0 Å². The SMILES string of the molecule is COC1CC(NC(=O)N(CCC(=O)O)C(C)C)C1(C)C. The van der Waals surface area contributed by atoms with Gasteiger partial charge in [0.25, 0.3) is 0 Å². The lowest BCUT2D eigenvalue weighted by molar-refractivity contribution is -0.137. The summed E-state index contributed by atoms with van der Waals surface area (Å²) in [6, 6.07) is -0.171. The number of urea groups is 1. The van der Waals surface area contributed by atoms with E-state index >= 15 is 0 Å². The molecule has 2 N–H and O–H groups in total. The van der Waals surface area contributed by atoms with E-state index < -0.39 is 5.97 Å². The van der Waals surface area contributed by atoms with Crippen LogP contribution in [0.4, 0.5) is 4.79 Å². The van der Waals surface area contributed by atoms with Crippen molar-refractivity contribution >= 4 is 12.0 Å². The van der Waals surface area contributed by atoms with Crippen LogP contribution in [0.5, 0.6) is 0 Å². The third kappa shape index (κ3) is 3.62. The first-order chi connectivity index (χ1) is 9.20. The molecule has 0 heterocycles. The number of nitrogens with one attached hydrogen (secondary N) is 1. The van der Waals surface area contributed by atoms with Gasteiger partial charge in [0.1, 0.15) is 0 Å². The van der Waals surface area contributed by atoms with E-state index in [4.69, 9.17) is 9.84 Å². The molecule has 0 aliphatic heterocycles. The Hall–Kier alpha value is -1.30. The van der Waals surface area contributed by atoms with Gasteiger partial charge in [0.15, 0.2) is 0 Å². The van der Waals surface area contributed by atoms with Crippen LogP contribution in [0.2, 0.25) is 0 Å². The molecule has 20 heavy (non-hydrogen) atoms. The number of hydrogen-bond donors (Lipinski definition) is 2. The highest BCUT2D eigenvalue weighted by Gasteiger charge is 2.49. The summed E-state index contributed by atoms with van der Waals surface area (Å²) < 4.78 is 5.36. The lowest BCUT2D eigenvalue weighted by atomic mass is 9.64. The van der Waals surface area contributed by atoms with Crippen molar-refractivity contribution in [3.05, 3.63) is 0 Å². The molecular weight excluding hydrogens is 260 g/mol. The summed E-state index contributed by atoms with van der Waals surface area (Å²) >= 11 is 0. The van der Waals surface area contributed by atoms with Crippen molar-refractivity contribution in [2.75, 3.05) is 13.7 Å².